The third-order valence-corrected chi connectivity index (χ3v) is 5.86. The van der Waals surface area contributed by atoms with Gasteiger partial charge in [-0.1, -0.05) is 13.3 Å². The molecule has 0 radical (unpaired) electrons. The Labute approximate surface area is 149 Å². The number of carbonyl (C=O) groups excluding carboxylic acids is 1. The largest absolute Gasteiger partial charge is 0.346 e. The normalized spacial score (nSPS) is 23.9. The molecule has 2 aliphatic heterocycles. The van der Waals surface area contributed by atoms with Crippen LogP contribution in [0, 0.1) is 0 Å². The zero-order valence-corrected chi connectivity index (χ0v) is 15.8. The Kier molecular flexibility index (Phi) is 5.61. The Balaban J connectivity index is 1.70. The number of rotatable bonds is 6. The molecule has 25 heavy (non-hydrogen) atoms. The Morgan fingerprint density at radius 3 is 2.68 bits per heavy atom. The van der Waals surface area contributed by atoms with E-state index in [9.17, 15) is 9.59 Å². The maximum Gasteiger partial charge on any atom is 0.346 e. The van der Waals surface area contributed by atoms with Crippen molar-refractivity contribution in [3.05, 3.63) is 16.3 Å². The zero-order valence-electron chi connectivity index (χ0n) is 15.8. The first-order valence-electron chi connectivity index (χ1n) is 9.71. The number of likely N-dealkylation sites (N-methyl/N-ethyl adjacent to an activating group) is 1. The average Bonchev–Trinajstić information content (AvgIpc) is 3.01. The second-order valence-corrected chi connectivity index (χ2v) is 7.38. The van der Waals surface area contributed by atoms with Gasteiger partial charge in [0, 0.05) is 38.1 Å². The molecule has 0 aliphatic carbocycles. The van der Waals surface area contributed by atoms with E-state index in [4.69, 9.17) is 0 Å². The number of fused-ring (bicyclic) bond motifs is 2. The number of hydrogen-bond donors (Lipinski definition) is 0. The van der Waals surface area contributed by atoms with Gasteiger partial charge >= 0.3 is 5.69 Å². The fraction of sp³-hybridized carbons (Fsp3) is 0.833. The number of amides is 1. The van der Waals surface area contributed by atoms with Crippen molar-refractivity contribution < 1.29 is 4.79 Å². The standard InChI is InChI=1S/C18H31N5O2/c1-4-6-7-16-19-23(18(25)22(16)5-2)13-17(24)21-11-10-14-8-9-15(12-21)20(14)3/h14-15H,4-13H2,1-3H3/t14-,15+/m0/s1. The summed E-state index contributed by atoms with van der Waals surface area (Å²) in [6.45, 7) is 6.30. The van der Waals surface area contributed by atoms with Crippen molar-refractivity contribution in [3.8, 4) is 0 Å². The summed E-state index contributed by atoms with van der Waals surface area (Å²) in [5.74, 6) is 0.822. The van der Waals surface area contributed by atoms with Gasteiger partial charge in [-0.15, -0.1) is 0 Å². The highest BCUT2D eigenvalue weighted by atomic mass is 16.2. The summed E-state index contributed by atoms with van der Waals surface area (Å²) >= 11 is 0. The third-order valence-electron chi connectivity index (χ3n) is 5.86. The Morgan fingerprint density at radius 1 is 1.20 bits per heavy atom. The lowest BCUT2D eigenvalue weighted by molar-refractivity contribution is -0.132. The fourth-order valence-electron chi connectivity index (χ4n) is 4.19. The lowest BCUT2D eigenvalue weighted by atomic mass is 10.1. The van der Waals surface area contributed by atoms with Crippen molar-refractivity contribution in [3.63, 3.8) is 0 Å². The van der Waals surface area contributed by atoms with Crippen molar-refractivity contribution in [1.29, 1.82) is 0 Å². The molecule has 3 rings (SSSR count). The van der Waals surface area contributed by atoms with Crippen LogP contribution in [0.4, 0.5) is 0 Å². The number of unbranched alkanes of at least 4 members (excludes halogenated alkanes) is 1. The van der Waals surface area contributed by atoms with Crippen LogP contribution in [0.5, 0.6) is 0 Å². The van der Waals surface area contributed by atoms with Gasteiger partial charge in [0.1, 0.15) is 12.4 Å². The average molecular weight is 349 g/mol. The number of aromatic nitrogens is 3. The van der Waals surface area contributed by atoms with Crippen molar-refractivity contribution in [2.75, 3.05) is 20.1 Å². The zero-order chi connectivity index (χ0) is 18.0. The highest BCUT2D eigenvalue weighted by Crippen LogP contribution is 2.28. The van der Waals surface area contributed by atoms with Gasteiger partial charge in [-0.25, -0.2) is 9.48 Å². The number of likely N-dealkylation sites (tertiary alicyclic amines) is 1. The second-order valence-electron chi connectivity index (χ2n) is 7.38. The van der Waals surface area contributed by atoms with Gasteiger partial charge in [-0.3, -0.25) is 14.3 Å². The monoisotopic (exact) mass is 349 g/mol. The summed E-state index contributed by atoms with van der Waals surface area (Å²) in [5, 5.41) is 4.45. The molecule has 1 aromatic heterocycles. The summed E-state index contributed by atoms with van der Waals surface area (Å²) in [6.07, 6.45) is 6.29. The molecule has 2 atom stereocenters. The molecule has 2 fully saturated rings. The van der Waals surface area contributed by atoms with Gasteiger partial charge in [0.2, 0.25) is 5.91 Å². The van der Waals surface area contributed by atoms with Crippen molar-refractivity contribution >= 4 is 5.91 Å². The molecule has 7 nitrogen and oxygen atoms in total. The van der Waals surface area contributed by atoms with Crippen molar-refractivity contribution in [2.45, 2.75) is 77.5 Å². The highest BCUT2D eigenvalue weighted by Gasteiger charge is 2.36. The minimum Gasteiger partial charge on any atom is -0.339 e. The molecule has 2 bridgehead atoms. The van der Waals surface area contributed by atoms with Crippen LogP contribution in [0.15, 0.2) is 4.79 Å². The van der Waals surface area contributed by atoms with E-state index < -0.39 is 0 Å². The molecule has 0 unspecified atom stereocenters. The quantitative estimate of drug-likeness (QED) is 0.772. The number of hydrogen-bond acceptors (Lipinski definition) is 4. The van der Waals surface area contributed by atoms with Crippen LogP contribution in [-0.2, 0) is 24.3 Å². The lowest BCUT2D eigenvalue weighted by Crippen LogP contribution is -2.42. The molecule has 1 aromatic rings. The van der Waals surface area contributed by atoms with Crippen LogP contribution < -0.4 is 5.69 Å². The van der Waals surface area contributed by atoms with Crippen LogP contribution in [0.1, 0.15) is 51.8 Å². The maximum atomic E-state index is 12.8. The van der Waals surface area contributed by atoms with E-state index in [1.165, 1.54) is 11.1 Å². The predicted molar refractivity (Wildman–Crippen MR) is 96.5 cm³/mol. The van der Waals surface area contributed by atoms with E-state index in [0.717, 1.165) is 51.0 Å². The van der Waals surface area contributed by atoms with Crippen molar-refractivity contribution in [2.24, 2.45) is 0 Å². The SMILES string of the molecule is CCCCc1nn(CC(=O)N2CC[C@@H]3CC[C@H](C2)N3C)c(=O)n1CC. The minimum atomic E-state index is -0.157. The summed E-state index contributed by atoms with van der Waals surface area (Å²) in [7, 11) is 2.17. The van der Waals surface area contributed by atoms with Gasteiger partial charge in [-0.2, -0.15) is 5.10 Å². The summed E-state index contributed by atoms with van der Waals surface area (Å²) in [5.41, 5.74) is -0.157. The summed E-state index contributed by atoms with van der Waals surface area (Å²) in [4.78, 5) is 29.7. The van der Waals surface area contributed by atoms with E-state index in [2.05, 4.69) is 24.0 Å². The second kappa shape index (κ2) is 7.72. The Morgan fingerprint density at radius 2 is 1.96 bits per heavy atom. The summed E-state index contributed by atoms with van der Waals surface area (Å²) < 4.78 is 3.06. The molecular weight excluding hydrogens is 318 g/mol. The van der Waals surface area contributed by atoms with E-state index in [0.29, 0.717) is 18.6 Å². The molecule has 2 saturated heterocycles. The minimum absolute atomic E-state index is 0.0193. The fourth-order valence-corrected chi connectivity index (χ4v) is 4.19. The van der Waals surface area contributed by atoms with Gasteiger partial charge in [0.25, 0.3) is 0 Å². The summed E-state index contributed by atoms with van der Waals surface area (Å²) in [6, 6.07) is 1.06. The van der Waals surface area contributed by atoms with Gasteiger partial charge in [0.15, 0.2) is 0 Å². The molecule has 0 N–H and O–H groups in total. The van der Waals surface area contributed by atoms with E-state index in [1.807, 2.05) is 11.8 Å². The van der Waals surface area contributed by atoms with Gasteiger partial charge in [0.05, 0.1) is 0 Å². The molecule has 140 valence electrons. The predicted octanol–water partition coefficient (Wildman–Crippen LogP) is 1.10. The highest BCUT2D eigenvalue weighted by molar-refractivity contribution is 5.76. The van der Waals surface area contributed by atoms with Gasteiger partial charge < -0.3 is 4.90 Å². The van der Waals surface area contributed by atoms with Crippen LogP contribution >= 0.6 is 0 Å². The van der Waals surface area contributed by atoms with E-state index in [-0.39, 0.29) is 18.1 Å². The molecule has 2 aliphatic rings. The maximum absolute atomic E-state index is 12.8. The van der Waals surface area contributed by atoms with Crippen LogP contribution in [-0.4, -0.2) is 62.3 Å². The van der Waals surface area contributed by atoms with Crippen LogP contribution in [0.25, 0.3) is 0 Å². The Bertz CT molecular complexity index is 665. The molecule has 3 heterocycles. The number of carbonyl (C=O) groups is 1. The smallest absolute Gasteiger partial charge is 0.339 e. The third kappa shape index (κ3) is 3.66. The molecule has 0 aromatic carbocycles. The first kappa shape index (κ1) is 18.2. The van der Waals surface area contributed by atoms with Gasteiger partial charge in [-0.05, 0) is 39.7 Å². The molecular formula is C18H31N5O2. The molecule has 1 amide bonds. The first-order valence-corrected chi connectivity index (χ1v) is 9.71. The van der Waals surface area contributed by atoms with Crippen molar-refractivity contribution in [1.82, 2.24) is 24.1 Å². The number of nitrogens with zero attached hydrogens (tertiary/aromatic N) is 5. The lowest BCUT2D eigenvalue weighted by Gasteiger charge is -2.25. The van der Waals surface area contributed by atoms with E-state index in [1.54, 1.807) is 4.57 Å². The van der Waals surface area contributed by atoms with Crippen LogP contribution in [0.2, 0.25) is 0 Å². The van der Waals surface area contributed by atoms with E-state index >= 15 is 0 Å². The topological polar surface area (TPSA) is 63.4 Å². The number of aryl methyl sites for hydroxylation is 1. The first-order chi connectivity index (χ1) is 12.0. The molecule has 7 heteroatoms. The Hall–Kier alpha value is -1.63. The molecule has 0 spiro atoms. The molecule has 0 saturated carbocycles. The van der Waals surface area contributed by atoms with Crippen LogP contribution in [0.3, 0.4) is 0 Å².